The van der Waals surface area contributed by atoms with Crippen molar-refractivity contribution in [3.63, 3.8) is 0 Å². The molecule has 14 nitrogen and oxygen atoms in total. The molecule has 0 saturated carbocycles. The van der Waals surface area contributed by atoms with Gasteiger partial charge in [-0.05, 0) is 147 Å². The van der Waals surface area contributed by atoms with E-state index in [4.69, 9.17) is 14.3 Å². The number of nitrogens with zero attached hydrogens (tertiary/aromatic N) is 8. The Labute approximate surface area is 515 Å². The topological polar surface area (TPSA) is 158 Å². The molecule has 13 rings (SSSR count). The third kappa shape index (κ3) is 13.9. The maximum Gasteiger partial charge on any atom is 0.486 e. The highest BCUT2D eigenvalue weighted by Gasteiger charge is 2.49. The van der Waals surface area contributed by atoms with Gasteiger partial charge in [-0.15, -0.1) is 6.58 Å². The predicted octanol–water partition coefficient (Wildman–Crippen LogP) is 14.1. The highest BCUT2D eigenvalue weighted by atomic mass is 79.9. The van der Waals surface area contributed by atoms with Crippen LogP contribution in [0.5, 0.6) is 0 Å². The summed E-state index contributed by atoms with van der Waals surface area (Å²) in [5.74, 6) is 5.34. The average Bonchev–Trinajstić information content (AvgIpc) is 2.88. The normalized spacial score (nSPS) is 18.7. The smallest absolute Gasteiger partial charge is 0.400 e. The van der Waals surface area contributed by atoms with E-state index >= 15 is 0 Å². The first-order valence-electron chi connectivity index (χ1n) is 29.5. The monoisotopic (exact) mass is 1270 g/mol. The van der Waals surface area contributed by atoms with Crippen LogP contribution in [-0.4, -0.2) is 56.5 Å². The number of aryl methyl sites for hydroxylation is 2. The van der Waals surface area contributed by atoms with Crippen molar-refractivity contribution < 1.29 is 9.31 Å². The maximum absolute atomic E-state index is 12.6. The van der Waals surface area contributed by atoms with Crippen molar-refractivity contribution in [2.45, 2.75) is 172 Å². The number of halogens is 2. The van der Waals surface area contributed by atoms with Crippen molar-refractivity contribution in [2.24, 2.45) is 21.7 Å². The fourth-order valence-electron chi connectivity index (χ4n) is 11.5. The molecule has 4 aromatic heterocycles. The van der Waals surface area contributed by atoms with E-state index in [9.17, 15) is 19.2 Å². The Morgan fingerprint density at radius 1 is 0.447 bits per heavy atom. The second kappa shape index (κ2) is 24.1. The molecule has 1 fully saturated rings. The van der Waals surface area contributed by atoms with Crippen LogP contribution in [0.3, 0.4) is 0 Å². The van der Waals surface area contributed by atoms with Crippen molar-refractivity contribution in [1.82, 2.24) is 38.2 Å². The van der Waals surface area contributed by atoms with Crippen molar-refractivity contribution >= 4 is 94.7 Å². The van der Waals surface area contributed by atoms with E-state index < -0.39 is 0 Å². The minimum Gasteiger partial charge on any atom is -0.400 e. The van der Waals surface area contributed by atoms with Gasteiger partial charge < -0.3 is 9.31 Å². The van der Waals surface area contributed by atoms with Gasteiger partial charge in [0.1, 0.15) is 23.3 Å². The highest BCUT2D eigenvalue weighted by molar-refractivity contribution is 9.10. The summed E-state index contributed by atoms with van der Waals surface area (Å²) < 4.78 is 20.4. The first kappa shape index (κ1) is 63.1. The lowest BCUT2D eigenvalue weighted by molar-refractivity contribution is 0.00578. The lowest BCUT2D eigenvalue weighted by Crippen LogP contribution is -2.41. The number of aromatic nitrogens is 8. The van der Waals surface area contributed by atoms with Crippen LogP contribution >= 0.6 is 31.9 Å². The van der Waals surface area contributed by atoms with Gasteiger partial charge in [0.15, 0.2) is 0 Å². The van der Waals surface area contributed by atoms with Gasteiger partial charge in [-0.1, -0.05) is 131 Å². The summed E-state index contributed by atoms with van der Waals surface area (Å²) in [6, 6.07) is 22.7. The fourth-order valence-corrected chi connectivity index (χ4v) is 12.2. The molecule has 17 heteroatoms. The third-order valence-corrected chi connectivity index (χ3v) is 18.6. The lowest BCUT2D eigenvalue weighted by atomic mass is 9.83. The largest absolute Gasteiger partial charge is 0.486 e. The van der Waals surface area contributed by atoms with Gasteiger partial charge in [0.2, 0.25) is 0 Å². The molecule has 85 heavy (non-hydrogen) atoms. The lowest BCUT2D eigenvalue weighted by Gasteiger charge is -2.32. The fraction of sp³-hybridized carbons (Fsp3) is 0.441. The van der Waals surface area contributed by atoms with E-state index in [1.54, 1.807) is 18.1 Å². The summed E-state index contributed by atoms with van der Waals surface area (Å²) >= 11 is 6.85. The summed E-state index contributed by atoms with van der Waals surface area (Å²) in [6.45, 7) is 40.0. The average molecular weight is 1280 g/mol. The van der Waals surface area contributed by atoms with Crippen LogP contribution in [0.25, 0.3) is 55.8 Å². The Hall–Kier alpha value is -6.40. The molecule has 0 atom stereocenters. The van der Waals surface area contributed by atoms with E-state index in [-0.39, 0.29) is 62.2 Å². The van der Waals surface area contributed by atoms with E-state index in [1.807, 2.05) is 119 Å². The van der Waals surface area contributed by atoms with Crippen LogP contribution < -0.4 is 22.2 Å². The molecule has 0 N–H and O–H groups in total. The third-order valence-electron chi connectivity index (χ3n) is 17.6. The Kier molecular flexibility index (Phi) is 17.9. The van der Waals surface area contributed by atoms with Crippen molar-refractivity contribution in [3.05, 3.63) is 183 Å². The molecular weight excluding hydrogens is 1200 g/mol. The van der Waals surface area contributed by atoms with Crippen LogP contribution in [0.1, 0.15) is 143 Å². The standard InChI is InChI=1S/2C16H18N2O.2C14H15BrN2O.C8H15BO2/c1-4-11-5-6-12-13(9-11)17-14-10-16(2,3)7-8-18(14)15(12)19;1-4-11-5-6-12-13(9-11)17-14-7-8-16(2,3)10-18(14)15(12)19;1-14(2)5-6-17-12(8-14)16-11-7-9(15)3-4-10(11)13(17)18;1-14(2)6-5-12-16-11-7-9(15)3-4-10(11)13(18)17(12)8-14;1-6-9-10-7(2,3)8(4,5)11-9/h2*4-6,9H,1,7-8,10H2,2-3H3;2*3-4,7H,5-6,8H2,1-2H3;6H,1H2,2-5H3. The molecule has 0 unspecified atom stereocenters. The quantitative estimate of drug-likeness (QED) is 0.156. The summed E-state index contributed by atoms with van der Waals surface area (Å²) in [4.78, 5) is 68.6. The van der Waals surface area contributed by atoms with Crippen LogP contribution in [0, 0.1) is 21.7 Å². The zero-order valence-electron chi connectivity index (χ0n) is 51.6. The van der Waals surface area contributed by atoms with Crippen molar-refractivity contribution in [2.75, 3.05) is 0 Å². The predicted molar refractivity (Wildman–Crippen MR) is 354 cm³/mol. The zero-order chi connectivity index (χ0) is 61.8. The second-order valence-corrected chi connectivity index (χ2v) is 29.3. The van der Waals surface area contributed by atoms with Crippen molar-refractivity contribution in [3.8, 4) is 0 Å². The number of hydrogen-bond acceptors (Lipinski definition) is 10. The zero-order valence-corrected chi connectivity index (χ0v) is 54.8. The van der Waals surface area contributed by atoms with Gasteiger partial charge >= 0.3 is 7.12 Å². The molecule has 9 heterocycles. The van der Waals surface area contributed by atoms with Crippen molar-refractivity contribution in [1.29, 1.82) is 0 Å². The first-order valence-corrected chi connectivity index (χ1v) is 31.1. The van der Waals surface area contributed by atoms with Gasteiger partial charge in [0, 0.05) is 60.8 Å². The number of rotatable bonds is 3. The van der Waals surface area contributed by atoms with Crippen LogP contribution in [0.2, 0.25) is 0 Å². The molecule has 8 aromatic rings. The summed E-state index contributed by atoms with van der Waals surface area (Å²) in [6.07, 6.45) is 11.2. The van der Waals surface area contributed by atoms with E-state index in [1.165, 1.54) is 0 Å². The van der Waals surface area contributed by atoms with E-state index in [0.29, 0.717) is 21.5 Å². The summed E-state index contributed by atoms with van der Waals surface area (Å²) in [7, 11) is -0.250. The minimum absolute atomic E-state index is 0.0865. The molecule has 0 amide bonds. The van der Waals surface area contributed by atoms with Gasteiger partial charge in [0.05, 0.1) is 54.8 Å². The molecule has 1 saturated heterocycles. The van der Waals surface area contributed by atoms with Crippen LogP contribution in [-0.2, 0) is 61.2 Å². The van der Waals surface area contributed by atoms with Crippen LogP contribution in [0.4, 0.5) is 0 Å². The SMILES string of the molecule is C=CB1OC(C)(C)C(C)(C)O1.C=Cc1ccc2c(=O)n3c(nc2c1)CC(C)(C)CC3.C=Cc1ccc2c(=O)n3c(nc2c1)CCC(C)(C)C3.CC1(C)CCc2nc3cc(Br)ccc3c(=O)n2C1.CC1(C)CCn2c(nc3cc(Br)ccc3c2=O)C1. The number of hydrogen-bond donors (Lipinski definition) is 0. The molecule has 446 valence electrons. The first-order chi connectivity index (χ1) is 39.8. The molecule has 0 radical (unpaired) electrons. The Morgan fingerprint density at radius 2 is 0.776 bits per heavy atom. The second-order valence-electron chi connectivity index (χ2n) is 27.5. The highest BCUT2D eigenvalue weighted by Crippen LogP contribution is 2.37. The van der Waals surface area contributed by atoms with Crippen LogP contribution in [0.15, 0.2) is 127 Å². The molecule has 5 aliphatic heterocycles. The maximum atomic E-state index is 12.6. The van der Waals surface area contributed by atoms with Gasteiger partial charge in [-0.2, -0.15) is 0 Å². The summed E-state index contributed by atoms with van der Waals surface area (Å²) in [5, 5.41) is 2.82. The molecule has 5 aliphatic rings. The number of fused-ring (bicyclic) bond motifs is 8. The van der Waals surface area contributed by atoms with Gasteiger partial charge in [0.25, 0.3) is 22.2 Å². The molecular formula is C68H81BBr2N8O6. The minimum atomic E-state index is -0.250. The molecule has 0 spiro atoms. The number of benzene rings is 4. The molecule has 0 bridgehead atoms. The Balaban J connectivity index is 0.000000129. The molecule has 0 aliphatic carbocycles. The Bertz CT molecular complexity index is 4190. The van der Waals surface area contributed by atoms with E-state index in [2.05, 4.69) is 122 Å². The van der Waals surface area contributed by atoms with Gasteiger partial charge in [-0.3, -0.25) is 37.4 Å². The summed E-state index contributed by atoms with van der Waals surface area (Å²) in [5.41, 5.74) is 5.87. The Morgan fingerprint density at radius 3 is 1.12 bits per heavy atom. The van der Waals surface area contributed by atoms with E-state index in [0.717, 1.165) is 143 Å². The molecule has 4 aromatic carbocycles. The van der Waals surface area contributed by atoms with Gasteiger partial charge in [-0.25, -0.2) is 19.9 Å².